The maximum Gasteiger partial charge on any atom is 0.417 e. The molecule has 1 aliphatic rings. The molecule has 2 rings (SSSR count). The van der Waals surface area contributed by atoms with Crippen molar-refractivity contribution >= 4 is 29.3 Å². The monoisotopic (exact) mass is 379 g/mol. The number of carbonyl (C=O) groups is 2. The minimum Gasteiger partial charge on any atom is -0.481 e. The summed E-state index contributed by atoms with van der Waals surface area (Å²) in [6.07, 6.45) is -2.25. The van der Waals surface area contributed by atoms with Gasteiger partial charge in [0.1, 0.15) is 5.82 Å². The third-order valence-corrected chi connectivity index (χ3v) is 4.25. The van der Waals surface area contributed by atoms with Crippen molar-refractivity contribution in [2.75, 3.05) is 11.9 Å². The highest BCUT2D eigenvalue weighted by atomic mass is 35.5. The average Bonchev–Trinajstić information content (AvgIpc) is 2.96. The van der Waals surface area contributed by atoms with Gasteiger partial charge in [-0.05, 0) is 25.3 Å². The Kier molecular flexibility index (Phi) is 6.10. The van der Waals surface area contributed by atoms with Crippen molar-refractivity contribution < 1.29 is 27.9 Å². The van der Waals surface area contributed by atoms with E-state index in [0.717, 1.165) is 6.07 Å². The number of carboxylic acid groups (broad SMARTS) is 1. The van der Waals surface area contributed by atoms with E-state index >= 15 is 0 Å². The van der Waals surface area contributed by atoms with Crippen LogP contribution < -0.4 is 10.6 Å². The predicted octanol–water partition coefficient (Wildman–Crippen LogP) is 2.93. The van der Waals surface area contributed by atoms with Crippen LogP contribution in [0.2, 0.25) is 5.02 Å². The molecule has 10 heteroatoms. The van der Waals surface area contributed by atoms with Gasteiger partial charge in [0.15, 0.2) is 0 Å². The number of halogens is 4. The number of amides is 1. The van der Waals surface area contributed by atoms with E-state index in [1.807, 2.05) is 0 Å². The molecule has 2 atom stereocenters. The predicted molar refractivity (Wildman–Crippen MR) is 84.3 cm³/mol. The smallest absolute Gasteiger partial charge is 0.417 e. The van der Waals surface area contributed by atoms with Crippen LogP contribution in [0.1, 0.15) is 31.2 Å². The Morgan fingerprint density at radius 2 is 2.08 bits per heavy atom. The summed E-state index contributed by atoms with van der Waals surface area (Å²) in [7, 11) is 0. The van der Waals surface area contributed by atoms with Gasteiger partial charge >= 0.3 is 12.1 Å². The van der Waals surface area contributed by atoms with E-state index in [-0.39, 0.29) is 35.8 Å². The van der Waals surface area contributed by atoms with E-state index in [1.54, 1.807) is 0 Å². The first-order valence-corrected chi connectivity index (χ1v) is 8.03. The zero-order chi connectivity index (χ0) is 18.6. The van der Waals surface area contributed by atoms with Crippen LogP contribution in [0, 0.1) is 5.92 Å². The second-order valence-electron chi connectivity index (χ2n) is 5.84. The third-order valence-electron chi connectivity index (χ3n) is 3.96. The number of hydrogen-bond acceptors (Lipinski definition) is 4. The van der Waals surface area contributed by atoms with Crippen molar-refractivity contribution in [3.8, 4) is 0 Å². The normalized spacial score (nSPS) is 20.3. The Balaban J connectivity index is 1.77. The van der Waals surface area contributed by atoms with Gasteiger partial charge in [0, 0.05) is 25.2 Å². The van der Waals surface area contributed by atoms with Crippen molar-refractivity contribution in [1.82, 2.24) is 10.3 Å². The number of pyridine rings is 1. The number of aromatic nitrogens is 1. The number of aliphatic carboxylic acids is 1. The van der Waals surface area contributed by atoms with Crippen LogP contribution in [0.5, 0.6) is 0 Å². The lowest BCUT2D eigenvalue weighted by molar-refractivity contribution is -0.141. The fraction of sp³-hybridized carbons (Fsp3) is 0.533. The lowest BCUT2D eigenvalue weighted by Gasteiger charge is -2.13. The lowest BCUT2D eigenvalue weighted by Crippen LogP contribution is -2.34. The Hall–Kier alpha value is -2.03. The van der Waals surface area contributed by atoms with Crippen molar-refractivity contribution in [3.63, 3.8) is 0 Å². The number of carbonyl (C=O) groups excluding carboxylic acids is 1. The molecule has 6 nitrogen and oxygen atoms in total. The van der Waals surface area contributed by atoms with Crippen LogP contribution in [0.4, 0.5) is 19.0 Å². The molecule has 1 fully saturated rings. The van der Waals surface area contributed by atoms with Gasteiger partial charge in [-0.1, -0.05) is 11.6 Å². The Labute approximate surface area is 146 Å². The Morgan fingerprint density at radius 3 is 2.64 bits per heavy atom. The molecule has 1 aliphatic carbocycles. The molecule has 25 heavy (non-hydrogen) atoms. The maximum atomic E-state index is 12.5. The first kappa shape index (κ1) is 19.3. The van der Waals surface area contributed by atoms with Crippen molar-refractivity contribution in [3.05, 3.63) is 22.8 Å². The first-order valence-electron chi connectivity index (χ1n) is 7.65. The fourth-order valence-corrected chi connectivity index (χ4v) is 2.89. The minimum atomic E-state index is -4.52. The molecule has 0 radical (unpaired) electrons. The molecule has 0 spiro atoms. The quantitative estimate of drug-likeness (QED) is 0.707. The molecule has 0 unspecified atom stereocenters. The molecule has 1 heterocycles. The van der Waals surface area contributed by atoms with Gasteiger partial charge in [-0.25, -0.2) is 4.98 Å². The summed E-state index contributed by atoms with van der Waals surface area (Å²) in [5.74, 6) is -1.50. The number of anilines is 1. The van der Waals surface area contributed by atoms with Crippen LogP contribution in [0.25, 0.3) is 0 Å². The molecule has 138 valence electrons. The molecule has 1 aromatic heterocycles. The minimum absolute atomic E-state index is 0.0628. The molecule has 3 N–H and O–H groups in total. The van der Waals surface area contributed by atoms with Crippen molar-refractivity contribution in [2.24, 2.45) is 5.92 Å². The third kappa shape index (κ3) is 5.48. The molecule has 0 aliphatic heterocycles. The summed E-state index contributed by atoms with van der Waals surface area (Å²) >= 11 is 5.75. The van der Waals surface area contributed by atoms with Gasteiger partial charge in [0.25, 0.3) is 0 Å². The number of carboxylic acids is 1. The molecule has 1 saturated carbocycles. The summed E-state index contributed by atoms with van der Waals surface area (Å²) in [6.45, 7) is 0.138. The van der Waals surface area contributed by atoms with Crippen molar-refractivity contribution in [1.29, 1.82) is 0 Å². The number of alkyl halides is 3. The Morgan fingerprint density at radius 1 is 1.36 bits per heavy atom. The highest BCUT2D eigenvalue weighted by Crippen LogP contribution is 2.32. The van der Waals surface area contributed by atoms with Crippen LogP contribution in [-0.2, 0) is 15.8 Å². The lowest BCUT2D eigenvalue weighted by atomic mass is 10.1. The van der Waals surface area contributed by atoms with Crippen LogP contribution in [-0.4, -0.2) is 34.6 Å². The molecule has 0 bridgehead atoms. The van der Waals surface area contributed by atoms with Crippen LogP contribution in [0.15, 0.2) is 12.3 Å². The number of nitrogens with one attached hydrogen (secondary N) is 2. The summed E-state index contributed by atoms with van der Waals surface area (Å²) in [5.41, 5.74) is -0.949. The highest BCUT2D eigenvalue weighted by molar-refractivity contribution is 6.32. The topological polar surface area (TPSA) is 91.3 Å². The summed E-state index contributed by atoms with van der Waals surface area (Å²) in [5, 5.41) is 14.2. The van der Waals surface area contributed by atoms with Gasteiger partial charge in [0.05, 0.1) is 16.5 Å². The van der Waals surface area contributed by atoms with Gasteiger partial charge in [-0.15, -0.1) is 0 Å². The summed E-state index contributed by atoms with van der Waals surface area (Å²) in [6, 6.07) is 0.600. The standard InChI is InChI=1S/C15H17ClF3N3O3/c16-11-6-9(15(17,18)19)7-21-13(11)20-4-3-12(23)22-10-2-1-8(5-10)14(24)25/h6-8,10H,1-5H2,(H,20,21)(H,22,23)(H,24,25)/t8-,10+/m1/s1. The first-order chi connectivity index (χ1) is 11.7. The van der Waals surface area contributed by atoms with Gasteiger partial charge in [-0.3, -0.25) is 9.59 Å². The molecule has 0 saturated heterocycles. The summed E-state index contributed by atoms with van der Waals surface area (Å²) in [4.78, 5) is 26.3. The van der Waals surface area contributed by atoms with Gasteiger partial charge < -0.3 is 15.7 Å². The molecular weight excluding hydrogens is 363 g/mol. The van der Waals surface area contributed by atoms with Crippen molar-refractivity contribution in [2.45, 2.75) is 37.9 Å². The molecule has 0 aromatic carbocycles. The Bertz CT molecular complexity index is 655. The molecule has 1 aromatic rings. The highest BCUT2D eigenvalue weighted by Gasteiger charge is 2.32. The second kappa shape index (κ2) is 7.90. The molecular formula is C15H17ClF3N3O3. The SMILES string of the molecule is O=C(CCNc1ncc(C(F)(F)F)cc1Cl)N[C@H]1CC[C@@H](C(=O)O)C1. The summed E-state index contributed by atoms with van der Waals surface area (Å²) < 4.78 is 37.6. The number of hydrogen-bond donors (Lipinski definition) is 3. The zero-order valence-electron chi connectivity index (χ0n) is 13.1. The molecule has 1 amide bonds. The van der Waals surface area contributed by atoms with Crippen LogP contribution >= 0.6 is 11.6 Å². The number of nitrogens with zero attached hydrogens (tertiary/aromatic N) is 1. The van der Waals surface area contributed by atoms with E-state index in [2.05, 4.69) is 15.6 Å². The van der Waals surface area contributed by atoms with E-state index in [9.17, 15) is 22.8 Å². The van der Waals surface area contributed by atoms with Gasteiger partial charge in [-0.2, -0.15) is 13.2 Å². The van der Waals surface area contributed by atoms with Crippen LogP contribution in [0.3, 0.4) is 0 Å². The van der Waals surface area contributed by atoms with E-state index in [0.29, 0.717) is 25.5 Å². The van der Waals surface area contributed by atoms with E-state index in [4.69, 9.17) is 16.7 Å². The zero-order valence-corrected chi connectivity index (χ0v) is 13.8. The number of rotatable bonds is 6. The largest absolute Gasteiger partial charge is 0.481 e. The van der Waals surface area contributed by atoms with Gasteiger partial charge in [0.2, 0.25) is 5.91 Å². The maximum absolute atomic E-state index is 12.5. The average molecular weight is 380 g/mol. The van der Waals surface area contributed by atoms with E-state index in [1.165, 1.54) is 0 Å². The second-order valence-corrected chi connectivity index (χ2v) is 6.25. The fourth-order valence-electron chi connectivity index (χ4n) is 2.65. The van der Waals surface area contributed by atoms with E-state index < -0.39 is 23.6 Å².